The zero-order valence-electron chi connectivity index (χ0n) is 20.9. The molecule has 0 fully saturated rings. The van der Waals surface area contributed by atoms with Crippen molar-refractivity contribution >= 4 is 30.4 Å². The van der Waals surface area contributed by atoms with Crippen molar-refractivity contribution < 1.29 is 4.43 Å². The molecule has 0 amide bonds. The molecule has 1 heterocycles. The summed E-state index contributed by atoms with van der Waals surface area (Å²) in [5.74, 6) is 0. The van der Waals surface area contributed by atoms with Gasteiger partial charge in [0.15, 0.2) is 0 Å². The van der Waals surface area contributed by atoms with Crippen LogP contribution in [-0.4, -0.2) is 38.3 Å². The summed E-state index contributed by atoms with van der Waals surface area (Å²) in [4.78, 5) is 5.03. The van der Waals surface area contributed by atoms with E-state index in [1.807, 2.05) is 0 Å². The summed E-state index contributed by atoms with van der Waals surface area (Å²) in [6, 6.07) is 4.74. The number of unbranched alkanes of at least 4 members (excludes halogenated alkanes) is 3. The van der Waals surface area contributed by atoms with Crippen LogP contribution in [0.2, 0.25) is 31.4 Å². The third-order valence-electron chi connectivity index (χ3n) is 7.05. The topological polar surface area (TPSA) is 22.1 Å². The van der Waals surface area contributed by atoms with Crippen LogP contribution in [0.3, 0.4) is 0 Å². The van der Waals surface area contributed by atoms with Crippen LogP contribution in [0.25, 0.3) is 0 Å². The van der Waals surface area contributed by atoms with Crippen LogP contribution in [0.4, 0.5) is 0 Å². The van der Waals surface area contributed by atoms with Gasteiger partial charge in [0.1, 0.15) is 0 Å². The number of aromatic nitrogens is 1. The van der Waals surface area contributed by atoms with Gasteiger partial charge in [-0.15, -0.1) is 0 Å². The summed E-state index contributed by atoms with van der Waals surface area (Å²) in [6.45, 7) is 19.6. The summed E-state index contributed by atoms with van der Waals surface area (Å²) >= 11 is -2.42. The molecule has 0 aliphatic carbocycles. The molecule has 0 bridgehead atoms. The van der Waals surface area contributed by atoms with E-state index in [1.54, 1.807) is 3.71 Å². The van der Waals surface area contributed by atoms with Gasteiger partial charge >= 0.3 is 188 Å². The molecule has 0 aliphatic heterocycles. The van der Waals surface area contributed by atoms with Crippen LogP contribution >= 0.6 is 0 Å². The van der Waals surface area contributed by atoms with Gasteiger partial charge in [-0.2, -0.15) is 0 Å². The Hall–Kier alpha value is 0.126. The molecule has 0 aromatic carbocycles. The van der Waals surface area contributed by atoms with Gasteiger partial charge in [-0.05, 0) is 0 Å². The fraction of sp³-hybridized carbons (Fsp3) is 0.800. The molecule has 0 saturated heterocycles. The van der Waals surface area contributed by atoms with E-state index in [4.69, 9.17) is 9.41 Å². The van der Waals surface area contributed by atoms with Crippen molar-refractivity contribution in [2.24, 2.45) is 0 Å². The van der Waals surface area contributed by atoms with E-state index in [1.165, 1.54) is 57.4 Å². The third-order valence-corrected chi connectivity index (χ3v) is 26.7. The van der Waals surface area contributed by atoms with Gasteiger partial charge in [0, 0.05) is 0 Å². The van der Waals surface area contributed by atoms with Crippen molar-refractivity contribution in [1.29, 1.82) is 0 Å². The van der Waals surface area contributed by atoms with Gasteiger partial charge in [0.2, 0.25) is 0 Å². The second kappa shape index (κ2) is 12.9. The Morgan fingerprint density at radius 3 is 1.90 bits per heavy atom. The molecule has 1 aromatic rings. The van der Waals surface area contributed by atoms with Crippen molar-refractivity contribution in [2.45, 2.75) is 118 Å². The Balaban J connectivity index is 3.00. The van der Waals surface area contributed by atoms with Gasteiger partial charge in [0.05, 0.1) is 0 Å². The molecular weight excluding hydrogens is 477 g/mol. The molecule has 4 heteroatoms. The molecule has 0 atom stereocenters. The van der Waals surface area contributed by atoms with Gasteiger partial charge in [-0.1, -0.05) is 0 Å². The zero-order chi connectivity index (χ0) is 22.0. The van der Waals surface area contributed by atoms with Gasteiger partial charge in [-0.25, -0.2) is 0 Å². The molecule has 0 spiro atoms. The Bertz CT molecular complexity index is 561. The SMILES string of the molecule is CCC[CH2][Sn]([CH2]CCC)([CH2]CCC)[c]1cc(CCO[Si](C)(C)C(C)(C)C)ccn1. The Labute approximate surface area is 187 Å². The Kier molecular flexibility index (Phi) is 12.0. The zero-order valence-corrected chi connectivity index (χ0v) is 24.7. The van der Waals surface area contributed by atoms with Gasteiger partial charge in [-0.3, -0.25) is 0 Å². The second-order valence-electron chi connectivity index (χ2n) is 10.5. The average molecular weight is 526 g/mol. The van der Waals surface area contributed by atoms with E-state index in [-0.39, 0.29) is 5.04 Å². The maximum atomic E-state index is 6.45. The van der Waals surface area contributed by atoms with Crippen LogP contribution in [0.1, 0.15) is 85.6 Å². The van der Waals surface area contributed by atoms with Crippen molar-refractivity contribution in [2.75, 3.05) is 6.61 Å². The van der Waals surface area contributed by atoms with E-state index in [0.717, 1.165) is 13.0 Å². The van der Waals surface area contributed by atoms with Crippen LogP contribution < -0.4 is 3.71 Å². The van der Waals surface area contributed by atoms with Crippen LogP contribution in [0.15, 0.2) is 18.3 Å². The molecule has 0 saturated carbocycles. The van der Waals surface area contributed by atoms with Crippen molar-refractivity contribution in [3.05, 3.63) is 23.9 Å². The van der Waals surface area contributed by atoms with E-state index >= 15 is 0 Å². The normalized spacial score (nSPS) is 13.1. The Morgan fingerprint density at radius 2 is 1.45 bits per heavy atom. The van der Waals surface area contributed by atoms with Crippen LogP contribution in [-0.2, 0) is 10.8 Å². The summed E-state index contributed by atoms with van der Waals surface area (Å²) < 4.78 is 12.5. The molecule has 2 nitrogen and oxygen atoms in total. The number of nitrogens with zero attached hydrogens (tertiary/aromatic N) is 1. The molecular formula is C25H49NOSiSn. The first-order valence-corrected chi connectivity index (χ1v) is 22.6. The van der Waals surface area contributed by atoms with Crippen LogP contribution in [0.5, 0.6) is 0 Å². The van der Waals surface area contributed by atoms with E-state index in [9.17, 15) is 0 Å². The van der Waals surface area contributed by atoms with Crippen molar-refractivity contribution in [3.8, 4) is 0 Å². The molecule has 0 radical (unpaired) electrons. The number of hydrogen-bond donors (Lipinski definition) is 0. The van der Waals surface area contributed by atoms with E-state index < -0.39 is 26.7 Å². The fourth-order valence-electron chi connectivity index (χ4n) is 3.87. The van der Waals surface area contributed by atoms with Crippen molar-refractivity contribution in [3.63, 3.8) is 0 Å². The summed E-state index contributed by atoms with van der Waals surface area (Å²) in [7, 11) is -1.66. The average Bonchev–Trinajstić information content (AvgIpc) is 2.67. The molecule has 168 valence electrons. The third kappa shape index (κ3) is 8.64. The van der Waals surface area contributed by atoms with E-state index in [0.29, 0.717) is 0 Å². The monoisotopic (exact) mass is 527 g/mol. The predicted octanol–water partition coefficient (Wildman–Crippen LogP) is 7.70. The maximum absolute atomic E-state index is 6.45. The second-order valence-corrected chi connectivity index (χ2v) is 28.4. The van der Waals surface area contributed by atoms with Crippen LogP contribution in [0, 0.1) is 0 Å². The molecule has 0 aliphatic rings. The number of rotatable bonds is 14. The summed E-state index contributed by atoms with van der Waals surface area (Å²) in [6.07, 6.45) is 11.3. The molecule has 1 rings (SSSR count). The molecule has 0 N–H and O–H groups in total. The standard InChI is InChI=1S/C13H22NOSi.3C4H9.Sn/c1-13(2,3)16(4,5)15-11-8-12-6-9-14-10-7-12;3*1-3-4-2;/h6-7,9H,8,11H2,1-5H3;3*1,3-4H2,2H3;. The van der Waals surface area contributed by atoms with Crippen molar-refractivity contribution in [1.82, 2.24) is 4.98 Å². The Morgan fingerprint density at radius 1 is 0.931 bits per heavy atom. The molecule has 1 aromatic heterocycles. The minimum absolute atomic E-state index is 0.280. The first-order chi connectivity index (χ1) is 13.6. The summed E-state index contributed by atoms with van der Waals surface area (Å²) in [5.41, 5.74) is 1.44. The first-order valence-electron chi connectivity index (χ1n) is 12.2. The number of pyridine rings is 1. The summed E-state index contributed by atoms with van der Waals surface area (Å²) in [5, 5.41) is 0.280. The predicted molar refractivity (Wildman–Crippen MR) is 136 cm³/mol. The van der Waals surface area contributed by atoms with E-state index in [2.05, 4.69) is 73.0 Å². The minimum atomic E-state index is -2.42. The quantitative estimate of drug-likeness (QED) is 0.232. The molecule has 29 heavy (non-hydrogen) atoms. The van der Waals surface area contributed by atoms with Gasteiger partial charge < -0.3 is 0 Å². The fourth-order valence-corrected chi connectivity index (χ4v) is 20.5. The molecule has 0 unspecified atom stereocenters. The first kappa shape index (κ1) is 27.2. The number of hydrogen-bond acceptors (Lipinski definition) is 2. The van der Waals surface area contributed by atoms with Gasteiger partial charge in [0.25, 0.3) is 0 Å².